The maximum Gasteiger partial charge on any atom is 0.0316 e. The van der Waals surface area contributed by atoms with E-state index in [9.17, 15) is 0 Å². The number of fused-ring (bicyclic) bond motifs is 1. The molecule has 0 heterocycles. The second-order valence-electron chi connectivity index (χ2n) is 6.72. The van der Waals surface area contributed by atoms with Crippen LogP contribution in [0.15, 0.2) is 18.2 Å². The van der Waals surface area contributed by atoms with E-state index in [0.29, 0.717) is 0 Å². The molecule has 1 atom stereocenters. The standard InChI is InChI=1S/C12H17N.C5H12.C3H8/c1-9-2-4-10-6-7-12(13)8-11(10)5-3-9;1-4-5(2)3;1-3-2/h6-9H,2-5,13H2,1H3;5H,4H2,1-3H3;3H2,1-2H3. The first-order chi connectivity index (χ1) is 9.94. The van der Waals surface area contributed by atoms with Gasteiger partial charge in [0, 0.05) is 5.69 Å². The van der Waals surface area contributed by atoms with Crippen molar-refractivity contribution >= 4 is 5.69 Å². The number of aryl methyl sites for hydroxylation is 2. The zero-order valence-corrected chi connectivity index (χ0v) is 15.2. The lowest BCUT2D eigenvalue weighted by molar-refractivity contribution is 0.510. The normalized spacial score (nSPS) is 16.8. The largest absolute Gasteiger partial charge is 0.399 e. The van der Waals surface area contributed by atoms with Gasteiger partial charge in [0.15, 0.2) is 0 Å². The van der Waals surface area contributed by atoms with Crippen LogP contribution in [0.25, 0.3) is 0 Å². The Hall–Kier alpha value is -0.980. The molecule has 0 bridgehead atoms. The highest BCUT2D eigenvalue weighted by atomic mass is 14.5. The molecule has 0 fully saturated rings. The highest BCUT2D eigenvalue weighted by Crippen LogP contribution is 2.25. The highest BCUT2D eigenvalue weighted by Gasteiger charge is 2.12. The number of nitrogen functional groups attached to an aromatic ring is 1. The molecule has 0 aliphatic heterocycles. The van der Waals surface area contributed by atoms with Crippen molar-refractivity contribution < 1.29 is 0 Å². The molecule has 0 aromatic heterocycles. The van der Waals surface area contributed by atoms with Crippen LogP contribution >= 0.6 is 0 Å². The van der Waals surface area contributed by atoms with Gasteiger partial charge in [-0.1, -0.05) is 60.5 Å². The van der Waals surface area contributed by atoms with Crippen LogP contribution in [-0.4, -0.2) is 0 Å². The average molecular weight is 292 g/mol. The monoisotopic (exact) mass is 291 g/mol. The maximum absolute atomic E-state index is 5.77. The van der Waals surface area contributed by atoms with Gasteiger partial charge in [-0.05, 0) is 60.8 Å². The molecule has 0 amide bonds. The van der Waals surface area contributed by atoms with Crippen molar-refractivity contribution in [3.63, 3.8) is 0 Å². The van der Waals surface area contributed by atoms with Crippen LogP contribution in [0.1, 0.15) is 78.4 Å². The molecule has 0 saturated carbocycles. The molecule has 1 aromatic carbocycles. The first-order valence-corrected chi connectivity index (χ1v) is 8.81. The lowest BCUT2D eigenvalue weighted by atomic mass is 10.0. The number of benzene rings is 1. The quantitative estimate of drug-likeness (QED) is 0.480. The Kier molecular flexibility index (Phi) is 11.1. The van der Waals surface area contributed by atoms with E-state index in [2.05, 4.69) is 53.7 Å². The van der Waals surface area contributed by atoms with Crippen molar-refractivity contribution in [2.75, 3.05) is 5.73 Å². The van der Waals surface area contributed by atoms with Gasteiger partial charge in [0.05, 0.1) is 0 Å². The molecule has 1 aromatic rings. The van der Waals surface area contributed by atoms with Gasteiger partial charge in [-0.25, -0.2) is 0 Å². The number of rotatable bonds is 1. The Morgan fingerprint density at radius 1 is 1.05 bits per heavy atom. The summed E-state index contributed by atoms with van der Waals surface area (Å²) in [5, 5.41) is 0. The van der Waals surface area contributed by atoms with E-state index >= 15 is 0 Å². The van der Waals surface area contributed by atoms with Crippen molar-refractivity contribution in [2.24, 2.45) is 11.8 Å². The molecule has 1 unspecified atom stereocenters. The predicted octanol–water partition coefficient (Wildman–Crippen LogP) is 6.25. The average Bonchev–Trinajstić information content (AvgIpc) is 2.62. The summed E-state index contributed by atoms with van der Waals surface area (Å²) < 4.78 is 0. The fourth-order valence-electron chi connectivity index (χ4n) is 2.07. The summed E-state index contributed by atoms with van der Waals surface area (Å²) in [7, 11) is 0. The van der Waals surface area contributed by atoms with E-state index in [0.717, 1.165) is 17.5 Å². The molecule has 2 N–H and O–H groups in total. The van der Waals surface area contributed by atoms with E-state index in [1.165, 1.54) is 49.7 Å². The van der Waals surface area contributed by atoms with Crippen molar-refractivity contribution in [3.8, 4) is 0 Å². The number of anilines is 1. The van der Waals surface area contributed by atoms with Gasteiger partial charge >= 0.3 is 0 Å². The predicted molar refractivity (Wildman–Crippen MR) is 97.8 cm³/mol. The van der Waals surface area contributed by atoms with Crippen LogP contribution in [0.2, 0.25) is 0 Å². The summed E-state index contributed by atoms with van der Waals surface area (Å²) in [6.07, 6.45) is 7.64. The Morgan fingerprint density at radius 2 is 1.52 bits per heavy atom. The molecule has 1 nitrogen and oxygen atoms in total. The molecular formula is C20H37N. The number of hydrogen-bond donors (Lipinski definition) is 1. The summed E-state index contributed by atoms with van der Waals surface area (Å²) in [5.41, 5.74) is 9.67. The topological polar surface area (TPSA) is 26.0 Å². The summed E-state index contributed by atoms with van der Waals surface area (Å²) >= 11 is 0. The fraction of sp³-hybridized carbons (Fsp3) is 0.700. The highest BCUT2D eigenvalue weighted by molar-refractivity contribution is 5.45. The zero-order valence-electron chi connectivity index (χ0n) is 15.2. The summed E-state index contributed by atoms with van der Waals surface area (Å²) in [6, 6.07) is 6.37. The number of nitrogens with two attached hydrogens (primary N) is 1. The minimum absolute atomic E-state index is 0.869. The van der Waals surface area contributed by atoms with Gasteiger partial charge in [0.2, 0.25) is 0 Å². The second kappa shape index (κ2) is 11.7. The minimum atomic E-state index is 0.869. The lowest BCUT2D eigenvalue weighted by Crippen LogP contribution is -1.93. The van der Waals surface area contributed by atoms with E-state index in [-0.39, 0.29) is 0 Å². The van der Waals surface area contributed by atoms with Gasteiger partial charge < -0.3 is 5.73 Å². The van der Waals surface area contributed by atoms with Crippen LogP contribution in [0, 0.1) is 11.8 Å². The Morgan fingerprint density at radius 3 is 2.00 bits per heavy atom. The number of hydrogen-bond acceptors (Lipinski definition) is 1. The van der Waals surface area contributed by atoms with Gasteiger partial charge in [-0.15, -0.1) is 0 Å². The van der Waals surface area contributed by atoms with E-state index < -0.39 is 0 Å². The van der Waals surface area contributed by atoms with Crippen molar-refractivity contribution in [1.82, 2.24) is 0 Å². The van der Waals surface area contributed by atoms with Crippen molar-refractivity contribution in [3.05, 3.63) is 29.3 Å². The zero-order chi connectivity index (χ0) is 16.3. The molecule has 0 radical (unpaired) electrons. The Balaban J connectivity index is 0.000000422. The molecule has 21 heavy (non-hydrogen) atoms. The van der Waals surface area contributed by atoms with Gasteiger partial charge in [-0.3, -0.25) is 0 Å². The van der Waals surface area contributed by atoms with E-state index in [4.69, 9.17) is 5.73 Å². The first-order valence-electron chi connectivity index (χ1n) is 8.81. The summed E-state index contributed by atoms with van der Waals surface area (Å²) in [6.45, 7) is 13.2. The van der Waals surface area contributed by atoms with Gasteiger partial charge in [0.25, 0.3) is 0 Å². The van der Waals surface area contributed by atoms with Crippen molar-refractivity contribution in [2.45, 2.75) is 80.1 Å². The van der Waals surface area contributed by atoms with Gasteiger partial charge in [-0.2, -0.15) is 0 Å². The Labute approximate surface area is 133 Å². The van der Waals surface area contributed by atoms with Crippen LogP contribution in [0.5, 0.6) is 0 Å². The van der Waals surface area contributed by atoms with E-state index in [1.54, 1.807) is 0 Å². The smallest absolute Gasteiger partial charge is 0.0316 e. The molecule has 0 spiro atoms. The summed E-state index contributed by atoms with van der Waals surface area (Å²) in [4.78, 5) is 0. The second-order valence-corrected chi connectivity index (χ2v) is 6.72. The lowest BCUT2D eigenvalue weighted by Gasteiger charge is -2.05. The third kappa shape index (κ3) is 9.55. The third-order valence-corrected chi connectivity index (χ3v) is 3.86. The molecular weight excluding hydrogens is 254 g/mol. The van der Waals surface area contributed by atoms with Crippen molar-refractivity contribution in [1.29, 1.82) is 0 Å². The SMILES string of the molecule is CC1CCc2ccc(N)cc2CC1.CCC.CCC(C)C. The molecule has 2 rings (SSSR count). The third-order valence-electron chi connectivity index (χ3n) is 3.86. The van der Waals surface area contributed by atoms with Crippen LogP contribution in [0.4, 0.5) is 5.69 Å². The van der Waals surface area contributed by atoms with E-state index in [1.807, 2.05) is 6.07 Å². The van der Waals surface area contributed by atoms with Crippen LogP contribution in [0.3, 0.4) is 0 Å². The summed E-state index contributed by atoms with van der Waals surface area (Å²) in [5.74, 6) is 1.75. The molecule has 1 aliphatic carbocycles. The first kappa shape index (κ1) is 20.0. The molecule has 122 valence electrons. The molecule has 0 saturated heterocycles. The van der Waals surface area contributed by atoms with Crippen LogP contribution in [-0.2, 0) is 12.8 Å². The molecule has 1 heteroatoms. The Bertz CT molecular complexity index is 368. The minimum Gasteiger partial charge on any atom is -0.399 e. The van der Waals surface area contributed by atoms with Gasteiger partial charge in [0.1, 0.15) is 0 Å². The molecule has 1 aliphatic rings. The fourth-order valence-corrected chi connectivity index (χ4v) is 2.07. The van der Waals surface area contributed by atoms with Crippen LogP contribution < -0.4 is 5.73 Å². The maximum atomic E-state index is 5.77.